The van der Waals surface area contributed by atoms with Crippen LogP contribution in [-0.2, 0) is 0 Å². The molecular formula is C34H22N4O2. The average molecular weight is 519 g/mol. The van der Waals surface area contributed by atoms with E-state index in [0.29, 0.717) is 23.6 Å². The van der Waals surface area contributed by atoms with E-state index in [1.165, 1.54) is 0 Å². The molecule has 0 radical (unpaired) electrons. The van der Waals surface area contributed by atoms with Crippen LogP contribution in [0, 0.1) is 0 Å². The highest BCUT2D eigenvalue weighted by Crippen LogP contribution is 2.34. The predicted molar refractivity (Wildman–Crippen MR) is 155 cm³/mol. The summed E-state index contributed by atoms with van der Waals surface area (Å²) >= 11 is 0. The second-order valence-corrected chi connectivity index (χ2v) is 9.26. The van der Waals surface area contributed by atoms with Crippen LogP contribution in [0.3, 0.4) is 0 Å². The fourth-order valence-electron chi connectivity index (χ4n) is 4.63. The summed E-state index contributed by atoms with van der Waals surface area (Å²) in [4.78, 5) is 0. The molecule has 0 bridgehead atoms. The number of benzene rings is 5. The lowest BCUT2D eigenvalue weighted by Crippen LogP contribution is -1.85. The van der Waals surface area contributed by atoms with Crippen LogP contribution < -0.4 is 0 Å². The summed E-state index contributed by atoms with van der Waals surface area (Å²) in [5.41, 5.74) is 7.67. The van der Waals surface area contributed by atoms with Crippen molar-refractivity contribution in [3.05, 3.63) is 133 Å². The maximum Gasteiger partial charge on any atom is 0.248 e. The van der Waals surface area contributed by atoms with Crippen molar-refractivity contribution in [1.29, 1.82) is 0 Å². The molecule has 190 valence electrons. The van der Waals surface area contributed by atoms with Gasteiger partial charge in [0.05, 0.1) is 11.1 Å². The van der Waals surface area contributed by atoms with Gasteiger partial charge in [0.25, 0.3) is 0 Å². The highest BCUT2D eigenvalue weighted by atomic mass is 16.4. The predicted octanol–water partition coefficient (Wildman–Crippen LogP) is 8.45. The van der Waals surface area contributed by atoms with Crippen molar-refractivity contribution in [2.75, 3.05) is 0 Å². The van der Waals surface area contributed by atoms with Gasteiger partial charge in [0.15, 0.2) is 0 Å². The fraction of sp³-hybridized carbons (Fsp3) is 0. The molecule has 0 aliphatic carbocycles. The summed E-state index contributed by atoms with van der Waals surface area (Å²) in [5, 5.41) is 17.3. The lowest BCUT2D eigenvalue weighted by molar-refractivity contribution is 0.577. The lowest BCUT2D eigenvalue weighted by atomic mass is 10.0. The van der Waals surface area contributed by atoms with E-state index < -0.39 is 0 Å². The number of hydrogen-bond donors (Lipinski definition) is 0. The molecule has 7 rings (SSSR count). The van der Waals surface area contributed by atoms with Crippen molar-refractivity contribution in [1.82, 2.24) is 20.4 Å². The van der Waals surface area contributed by atoms with Crippen LogP contribution in [-0.4, -0.2) is 20.4 Å². The van der Waals surface area contributed by atoms with Crippen molar-refractivity contribution in [2.45, 2.75) is 0 Å². The number of rotatable bonds is 6. The second kappa shape index (κ2) is 10.3. The van der Waals surface area contributed by atoms with Crippen LogP contribution in [0.15, 0.2) is 142 Å². The topological polar surface area (TPSA) is 77.8 Å². The van der Waals surface area contributed by atoms with Gasteiger partial charge in [-0.2, -0.15) is 0 Å². The minimum atomic E-state index is 0.379. The Labute approximate surface area is 230 Å². The Morgan fingerprint density at radius 3 is 0.975 bits per heavy atom. The first kappa shape index (κ1) is 23.5. The van der Waals surface area contributed by atoms with Crippen molar-refractivity contribution >= 4 is 0 Å². The third-order valence-electron chi connectivity index (χ3n) is 6.72. The maximum atomic E-state index is 6.10. The van der Waals surface area contributed by atoms with Gasteiger partial charge < -0.3 is 8.83 Å². The van der Waals surface area contributed by atoms with E-state index in [1.807, 2.05) is 84.9 Å². The lowest BCUT2D eigenvalue weighted by Gasteiger charge is -2.03. The van der Waals surface area contributed by atoms with Crippen LogP contribution in [0.2, 0.25) is 0 Å². The smallest absolute Gasteiger partial charge is 0.248 e. The van der Waals surface area contributed by atoms with Gasteiger partial charge in [0.2, 0.25) is 23.6 Å². The van der Waals surface area contributed by atoms with Gasteiger partial charge in [-0.05, 0) is 58.7 Å². The van der Waals surface area contributed by atoms with Gasteiger partial charge in [-0.15, -0.1) is 20.4 Å². The van der Waals surface area contributed by atoms with Gasteiger partial charge in [0, 0.05) is 11.1 Å². The van der Waals surface area contributed by atoms with Crippen molar-refractivity contribution in [3.8, 4) is 68.1 Å². The highest BCUT2D eigenvalue weighted by Gasteiger charge is 2.19. The molecule has 0 fully saturated rings. The Morgan fingerprint density at radius 1 is 0.275 bits per heavy atom. The number of nitrogens with zero attached hydrogens (tertiary/aromatic N) is 4. The molecule has 0 saturated carbocycles. The zero-order valence-electron chi connectivity index (χ0n) is 21.3. The standard InChI is InChI=1S/C34H22N4O2/c1-3-9-23(10-4-1)25-15-19-27(20-16-25)31-35-37-33(39-31)29-13-7-8-14-30(29)34-38-36-32(40-34)28-21-17-26(18-22-28)24-11-5-2-6-12-24/h1-22H. The van der Waals surface area contributed by atoms with Gasteiger partial charge in [-0.1, -0.05) is 97.1 Å². The first-order chi connectivity index (χ1) is 19.8. The van der Waals surface area contributed by atoms with E-state index in [0.717, 1.165) is 44.5 Å². The summed E-state index contributed by atoms with van der Waals surface area (Å²) in [7, 11) is 0. The zero-order valence-corrected chi connectivity index (χ0v) is 21.3. The van der Waals surface area contributed by atoms with Crippen LogP contribution in [0.1, 0.15) is 0 Å². The SMILES string of the molecule is c1ccc(-c2ccc(-c3nnc(-c4ccccc4-c4nnc(-c5ccc(-c6ccccc6)cc5)o4)o3)cc2)cc1. The Balaban J connectivity index is 1.15. The van der Waals surface area contributed by atoms with E-state index in [9.17, 15) is 0 Å². The van der Waals surface area contributed by atoms with Gasteiger partial charge >= 0.3 is 0 Å². The highest BCUT2D eigenvalue weighted by molar-refractivity contribution is 5.76. The molecule has 2 heterocycles. The minimum Gasteiger partial charge on any atom is -0.416 e. The Bertz CT molecular complexity index is 1730. The normalized spacial score (nSPS) is 11.0. The fourth-order valence-corrected chi connectivity index (χ4v) is 4.63. The Kier molecular flexibility index (Phi) is 6.03. The summed E-state index contributed by atoms with van der Waals surface area (Å²) in [6.07, 6.45) is 0. The molecule has 7 aromatic rings. The van der Waals surface area contributed by atoms with E-state index in [1.54, 1.807) is 0 Å². The molecule has 2 aromatic heterocycles. The number of hydrogen-bond acceptors (Lipinski definition) is 6. The first-order valence-corrected chi connectivity index (χ1v) is 12.9. The summed E-state index contributed by atoms with van der Waals surface area (Å²) < 4.78 is 12.2. The zero-order chi connectivity index (χ0) is 26.7. The van der Waals surface area contributed by atoms with Crippen molar-refractivity contribution < 1.29 is 8.83 Å². The molecule has 6 nitrogen and oxygen atoms in total. The summed E-state index contributed by atoms with van der Waals surface area (Å²) in [6, 6.07) is 44.2. The quantitative estimate of drug-likeness (QED) is 0.220. The molecule has 5 aromatic carbocycles. The monoisotopic (exact) mass is 518 g/mol. The molecule has 0 amide bonds. The molecule has 0 N–H and O–H groups in total. The summed E-state index contributed by atoms with van der Waals surface area (Å²) in [5.74, 6) is 1.64. The van der Waals surface area contributed by atoms with Gasteiger partial charge in [-0.3, -0.25) is 0 Å². The Hall–Kier alpha value is -5.62. The third kappa shape index (κ3) is 4.59. The van der Waals surface area contributed by atoms with E-state index >= 15 is 0 Å². The second-order valence-electron chi connectivity index (χ2n) is 9.26. The van der Waals surface area contributed by atoms with Crippen LogP contribution in [0.4, 0.5) is 0 Å². The van der Waals surface area contributed by atoms with Gasteiger partial charge in [-0.25, -0.2) is 0 Å². The maximum absolute atomic E-state index is 6.10. The first-order valence-electron chi connectivity index (χ1n) is 12.9. The molecule has 0 aliphatic heterocycles. The van der Waals surface area contributed by atoms with Gasteiger partial charge in [0.1, 0.15) is 0 Å². The molecule has 0 atom stereocenters. The summed E-state index contributed by atoms with van der Waals surface area (Å²) in [6.45, 7) is 0. The molecular weight excluding hydrogens is 496 g/mol. The van der Waals surface area contributed by atoms with Crippen molar-refractivity contribution in [3.63, 3.8) is 0 Å². The van der Waals surface area contributed by atoms with E-state index in [-0.39, 0.29) is 0 Å². The number of aromatic nitrogens is 4. The molecule has 40 heavy (non-hydrogen) atoms. The Morgan fingerprint density at radius 2 is 0.575 bits per heavy atom. The van der Waals surface area contributed by atoms with E-state index in [2.05, 4.69) is 68.9 Å². The van der Waals surface area contributed by atoms with Crippen LogP contribution in [0.5, 0.6) is 0 Å². The molecule has 0 aliphatic rings. The average Bonchev–Trinajstić information content (AvgIpc) is 3.73. The largest absolute Gasteiger partial charge is 0.416 e. The van der Waals surface area contributed by atoms with Crippen molar-refractivity contribution in [2.24, 2.45) is 0 Å². The molecule has 0 spiro atoms. The van der Waals surface area contributed by atoms with E-state index in [4.69, 9.17) is 8.83 Å². The molecule has 6 heteroatoms. The molecule has 0 unspecified atom stereocenters. The minimum absolute atomic E-state index is 0.379. The van der Waals surface area contributed by atoms with Crippen LogP contribution in [0.25, 0.3) is 68.1 Å². The van der Waals surface area contributed by atoms with Crippen LogP contribution >= 0.6 is 0 Å². The third-order valence-corrected chi connectivity index (χ3v) is 6.72. The molecule has 0 saturated heterocycles.